The molecule has 1 atom stereocenters. The fourth-order valence-electron chi connectivity index (χ4n) is 1.12. The van der Waals surface area contributed by atoms with Crippen LogP contribution in [0.3, 0.4) is 0 Å². The summed E-state index contributed by atoms with van der Waals surface area (Å²) in [6.45, 7) is 3.13. The van der Waals surface area contributed by atoms with Crippen LogP contribution in [0.25, 0.3) is 0 Å². The first kappa shape index (κ1) is 12.4. The van der Waals surface area contributed by atoms with Crippen LogP contribution in [0.2, 0.25) is 0 Å². The topological polar surface area (TPSA) is 103 Å². The van der Waals surface area contributed by atoms with Crippen molar-refractivity contribution in [2.45, 2.75) is 5.37 Å². The summed E-state index contributed by atoms with van der Waals surface area (Å²) in [5.41, 5.74) is 10.8. The standard InChI is InChI=1S/C10H12N2O3S/c1-7(9(11)13)16(14,15)10(12)8-5-3-2-4-6-8/h2-6,10H,1,12H2,(H2,11,13). The first-order valence-corrected chi connectivity index (χ1v) is 5.95. The molecule has 86 valence electrons. The van der Waals surface area contributed by atoms with Crippen molar-refractivity contribution >= 4 is 15.7 Å². The Morgan fingerprint density at radius 3 is 2.19 bits per heavy atom. The summed E-state index contributed by atoms with van der Waals surface area (Å²) in [5.74, 6) is -1.09. The third-order valence-corrected chi connectivity index (χ3v) is 3.91. The quantitative estimate of drug-likeness (QED) is 0.726. The fraction of sp³-hybridized carbons (Fsp3) is 0.100. The lowest BCUT2D eigenvalue weighted by molar-refractivity contribution is -0.113. The highest BCUT2D eigenvalue weighted by atomic mass is 32.2. The van der Waals surface area contributed by atoms with Gasteiger partial charge in [0.15, 0.2) is 0 Å². The van der Waals surface area contributed by atoms with E-state index in [1.54, 1.807) is 30.3 Å². The molecule has 1 rings (SSSR count). The van der Waals surface area contributed by atoms with Gasteiger partial charge in [0.05, 0.1) is 0 Å². The van der Waals surface area contributed by atoms with Crippen molar-refractivity contribution < 1.29 is 13.2 Å². The summed E-state index contributed by atoms with van der Waals surface area (Å²) in [6.07, 6.45) is 0. The normalized spacial score (nSPS) is 13.1. The second-order valence-corrected chi connectivity index (χ2v) is 5.25. The number of hydrogen-bond donors (Lipinski definition) is 2. The molecule has 1 unspecified atom stereocenters. The molecule has 0 spiro atoms. The monoisotopic (exact) mass is 240 g/mol. The van der Waals surface area contributed by atoms with E-state index in [1.807, 2.05) is 0 Å². The number of carbonyl (C=O) groups is 1. The molecule has 1 aromatic rings. The zero-order valence-electron chi connectivity index (χ0n) is 8.46. The summed E-state index contributed by atoms with van der Waals surface area (Å²) >= 11 is 0. The Kier molecular flexibility index (Phi) is 3.46. The number of primary amides is 1. The summed E-state index contributed by atoms with van der Waals surface area (Å²) < 4.78 is 23.5. The number of nitrogens with two attached hydrogens (primary N) is 2. The molecule has 0 aliphatic carbocycles. The van der Waals surface area contributed by atoms with Crippen molar-refractivity contribution in [1.29, 1.82) is 0 Å². The van der Waals surface area contributed by atoms with Crippen molar-refractivity contribution in [3.05, 3.63) is 47.4 Å². The lowest BCUT2D eigenvalue weighted by Gasteiger charge is -2.13. The average Bonchev–Trinajstić information content (AvgIpc) is 2.28. The molecule has 5 nitrogen and oxygen atoms in total. The highest BCUT2D eigenvalue weighted by Gasteiger charge is 2.29. The Hall–Kier alpha value is -1.66. The van der Waals surface area contributed by atoms with Crippen LogP contribution in [0.1, 0.15) is 10.9 Å². The zero-order valence-corrected chi connectivity index (χ0v) is 9.28. The molecule has 0 saturated heterocycles. The highest BCUT2D eigenvalue weighted by Crippen LogP contribution is 2.21. The van der Waals surface area contributed by atoms with Gasteiger partial charge in [-0.05, 0) is 5.56 Å². The molecule has 1 aromatic carbocycles. The van der Waals surface area contributed by atoms with E-state index in [-0.39, 0.29) is 0 Å². The summed E-state index contributed by atoms with van der Waals surface area (Å²) in [6, 6.07) is 8.13. The minimum Gasteiger partial charge on any atom is -0.365 e. The summed E-state index contributed by atoms with van der Waals surface area (Å²) in [4.78, 5) is 10.1. The number of hydrogen-bond acceptors (Lipinski definition) is 4. The van der Waals surface area contributed by atoms with Crippen molar-refractivity contribution in [2.75, 3.05) is 0 Å². The van der Waals surface area contributed by atoms with E-state index < -0.39 is 26.0 Å². The van der Waals surface area contributed by atoms with Gasteiger partial charge in [0, 0.05) is 0 Å². The maximum atomic E-state index is 11.7. The van der Waals surface area contributed by atoms with Gasteiger partial charge in [0.25, 0.3) is 5.91 Å². The number of sulfone groups is 1. The van der Waals surface area contributed by atoms with Crippen molar-refractivity contribution in [2.24, 2.45) is 11.5 Å². The van der Waals surface area contributed by atoms with Crippen LogP contribution < -0.4 is 11.5 Å². The molecule has 0 aromatic heterocycles. The third-order valence-electron chi connectivity index (χ3n) is 2.08. The predicted octanol–water partition coefficient (Wildman–Crippen LogP) is 0.0577. The summed E-state index contributed by atoms with van der Waals surface area (Å²) in [7, 11) is -3.98. The van der Waals surface area contributed by atoms with Crippen LogP contribution in [0, 0.1) is 0 Å². The second-order valence-electron chi connectivity index (χ2n) is 3.16. The van der Waals surface area contributed by atoms with E-state index >= 15 is 0 Å². The Morgan fingerprint density at radius 1 is 1.25 bits per heavy atom. The van der Waals surface area contributed by atoms with Crippen LogP contribution in [0.4, 0.5) is 0 Å². The molecule has 16 heavy (non-hydrogen) atoms. The van der Waals surface area contributed by atoms with Gasteiger partial charge in [-0.3, -0.25) is 4.79 Å². The first-order valence-electron chi connectivity index (χ1n) is 4.40. The van der Waals surface area contributed by atoms with Crippen molar-refractivity contribution in [1.82, 2.24) is 0 Å². The minimum atomic E-state index is -3.98. The molecule has 0 saturated carbocycles. The lowest BCUT2D eigenvalue weighted by atomic mass is 10.2. The van der Waals surface area contributed by atoms with E-state index in [0.717, 1.165) is 0 Å². The van der Waals surface area contributed by atoms with Crippen LogP contribution in [0.5, 0.6) is 0 Å². The molecule has 0 aliphatic rings. The fourth-order valence-corrected chi connectivity index (χ4v) is 2.22. The Bertz CT molecular complexity index is 508. The molecule has 0 radical (unpaired) electrons. The van der Waals surface area contributed by atoms with Crippen LogP contribution >= 0.6 is 0 Å². The predicted molar refractivity (Wildman–Crippen MR) is 60.6 cm³/mol. The SMILES string of the molecule is C=C(C(N)=O)S(=O)(=O)C(N)c1ccccc1. The number of amides is 1. The lowest BCUT2D eigenvalue weighted by Crippen LogP contribution is -2.28. The van der Waals surface area contributed by atoms with Crippen LogP contribution in [-0.4, -0.2) is 14.3 Å². The number of rotatable bonds is 4. The smallest absolute Gasteiger partial charge is 0.259 e. The van der Waals surface area contributed by atoms with Gasteiger partial charge < -0.3 is 11.5 Å². The zero-order chi connectivity index (χ0) is 12.3. The molecule has 6 heteroatoms. The Labute approximate surface area is 93.7 Å². The van der Waals surface area contributed by atoms with Gasteiger partial charge in [-0.2, -0.15) is 0 Å². The minimum absolute atomic E-state index is 0.380. The van der Waals surface area contributed by atoms with Crippen LogP contribution in [-0.2, 0) is 14.6 Å². The van der Waals surface area contributed by atoms with Crippen molar-refractivity contribution in [3.8, 4) is 0 Å². The first-order chi connectivity index (χ1) is 7.37. The molecule has 4 N–H and O–H groups in total. The van der Waals surface area contributed by atoms with Gasteiger partial charge in [-0.15, -0.1) is 0 Å². The largest absolute Gasteiger partial charge is 0.365 e. The average molecular weight is 240 g/mol. The van der Waals surface area contributed by atoms with E-state index in [4.69, 9.17) is 11.5 Å². The van der Waals surface area contributed by atoms with Gasteiger partial charge in [-0.25, -0.2) is 8.42 Å². The van der Waals surface area contributed by atoms with Crippen molar-refractivity contribution in [3.63, 3.8) is 0 Å². The van der Waals surface area contributed by atoms with E-state index in [1.165, 1.54) is 0 Å². The molecule has 0 aliphatic heterocycles. The van der Waals surface area contributed by atoms with Crippen LogP contribution in [0.15, 0.2) is 41.8 Å². The molecular formula is C10H12N2O3S. The maximum Gasteiger partial charge on any atom is 0.259 e. The van der Waals surface area contributed by atoms with E-state index in [2.05, 4.69) is 6.58 Å². The molecule has 1 amide bonds. The van der Waals surface area contributed by atoms with E-state index in [0.29, 0.717) is 5.56 Å². The number of carbonyl (C=O) groups excluding carboxylic acids is 1. The highest BCUT2D eigenvalue weighted by molar-refractivity contribution is 7.96. The molecule has 0 bridgehead atoms. The molecule has 0 heterocycles. The van der Waals surface area contributed by atoms with Gasteiger partial charge in [-0.1, -0.05) is 36.9 Å². The second kappa shape index (κ2) is 4.46. The molecule has 0 fully saturated rings. The summed E-state index contributed by atoms with van der Waals surface area (Å²) in [5, 5.41) is -1.33. The van der Waals surface area contributed by atoms with Gasteiger partial charge in [0.2, 0.25) is 9.84 Å². The van der Waals surface area contributed by atoms with Gasteiger partial charge in [0.1, 0.15) is 10.3 Å². The van der Waals surface area contributed by atoms with Gasteiger partial charge >= 0.3 is 0 Å². The maximum absolute atomic E-state index is 11.7. The Balaban J connectivity index is 3.12. The number of benzene rings is 1. The third kappa shape index (κ3) is 2.29. The van der Waals surface area contributed by atoms with E-state index in [9.17, 15) is 13.2 Å². The molecular weight excluding hydrogens is 228 g/mol. The Morgan fingerprint density at radius 2 is 1.75 bits per heavy atom.